The number of rotatable bonds is 0. The fraction of sp³-hybridized carbons (Fsp3) is 0.556. The first kappa shape index (κ1) is 15.4. The normalized spacial score (nSPS) is 33.2. The van der Waals surface area contributed by atoms with Crippen LogP contribution in [0, 0.1) is 5.92 Å². The van der Waals surface area contributed by atoms with Gasteiger partial charge in [0, 0.05) is 24.4 Å². The second-order valence-corrected chi connectivity index (χ2v) is 7.38. The number of piperidine rings is 1. The molecule has 0 radical (unpaired) electrons. The second-order valence-electron chi connectivity index (χ2n) is 7.38. The maximum atomic E-state index is 12.5. The van der Waals surface area contributed by atoms with Crippen molar-refractivity contribution in [3.05, 3.63) is 29.3 Å². The molecular weight excluding hydrogens is 306 g/mol. The van der Waals surface area contributed by atoms with Gasteiger partial charge in [-0.25, -0.2) is 4.79 Å². The summed E-state index contributed by atoms with van der Waals surface area (Å²) in [5.74, 6) is 0.294. The standard InChI is InChI=1S/C18H23N3O3/c1-21-7-5-18-10-16(23)20-17(24)19-6-4-13(18)15(21)8-11-2-3-12(22)9-14(11)18/h2-3,9,13,15,22H,4-8,10H2,1H3,(H2,19,20,23,24)/t13-,15+,18-/m0/s1. The number of phenols is 1. The van der Waals surface area contributed by atoms with E-state index in [0.29, 0.717) is 19.0 Å². The van der Waals surface area contributed by atoms with Crippen molar-refractivity contribution in [2.45, 2.75) is 37.1 Å². The molecular formula is C18H23N3O3. The van der Waals surface area contributed by atoms with Gasteiger partial charge in [0.1, 0.15) is 5.75 Å². The first-order valence-corrected chi connectivity index (χ1v) is 8.60. The van der Waals surface area contributed by atoms with Gasteiger partial charge in [0.2, 0.25) is 5.91 Å². The number of likely N-dealkylation sites (tertiary alicyclic amines) is 1. The van der Waals surface area contributed by atoms with Crippen molar-refractivity contribution in [2.75, 3.05) is 20.1 Å². The van der Waals surface area contributed by atoms with Crippen LogP contribution in [0.5, 0.6) is 5.75 Å². The minimum atomic E-state index is -0.408. The summed E-state index contributed by atoms with van der Waals surface area (Å²) >= 11 is 0. The highest BCUT2D eigenvalue weighted by atomic mass is 16.3. The Hall–Kier alpha value is -2.08. The van der Waals surface area contributed by atoms with Crippen molar-refractivity contribution in [3.63, 3.8) is 0 Å². The second kappa shape index (κ2) is 5.48. The number of carbonyl (C=O) groups excluding carboxylic acids is 2. The molecule has 0 saturated carbocycles. The number of nitrogens with one attached hydrogen (secondary N) is 2. The van der Waals surface area contributed by atoms with E-state index in [1.165, 1.54) is 5.56 Å². The number of hydrogen-bond donors (Lipinski definition) is 3. The van der Waals surface area contributed by atoms with Crippen molar-refractivity contribution in [1.82, 2.24) is 15.5 Å². The maximum absolute atomic E-state index is 12.5. The molecule has 0 spiro atoms. The SMILES string of the molecule is CN1CC[C@]23CC(=O)NC(=O)NCC[C@H]2[C@H]1Cc1ccc(O)cc13. The lowest BCUT2D eigenvalue weighted by Crippen LogP contribution is -2.59. The van der Waals surface area contributed by atoms with Crippen molar-refractivity contribution in [1.29, 1.82) is 0 Å². The van der Waals surface area contributed by atoms with Crippen LogP contribution in [-0.2, 0) is 16.6 Å². The molecule has 1 aromatic carbocycles. The quantitative estimate of drug-likeness (QED) is 0.666. The maximum Gasteiger partial charge on any atom is 0.321 e. The highest BCUT2D eigenvalue weighted by Gasteiger charge is 2.53. The van der Waals surface area contributed by atoms with Gasteiger partial charge >= 0.3 is 6.03 Å². The van der Waals surface area contributed by atoms with E-state index >= 15 is 0 Å². The van der Waals surface area contributed by atoms with Crippen LogP contribution >= 0.6 is 0 Å². The predicted molar refractivity (Wildman–Crippen MR) is 88.8 cm³/mol. The number of amides is 3. The van der Waals surface area contributed by atoms with E-state index in [-0.39, 0.29) is 23.0 Å². The monoisotopic (exact) mass is 329 g/mol. The number of benzene rings is 1. The Labute approximate surface area is 141 Å². The zero-order valence-corrected chi connectivity index (χ0v) is 13.8. The summed E-state index contributed by atoms with van der Waals surface area (Å²) in [5, 5.41) is 15.3. The molecule has 3 atom stereocenters. The van der Waals surface area contributed by atoms with Gasteiger partial charge in [-0.15, -0.1) is 0 Å². The minimum absolute atomic E-state index is 0.237. The molecule has 3 N–H and O–H groups in total. The summed E-state index contributed by atoms with van der Waals surface area (Å²) in [6.07, 6.45) is 2.92. The number of imide groups is 1. The molecule has 6 heteroatoms. The van der Waals surface area contributed by atoms with Crippen molar-refractivity contribution in [3.8, 4) is 5.75 Å². The van der Waals surface area contributed by atoms with Crippen LogP contribution in [0.25, 0.3) is 0 Å². The van der Waals surface area contributed by atoms with E-state index in [0.717, 1.165) is 31.4 Å². The first-order valence-electron chi connectivity index (χ1n) is 8.60. The van der Waals surface area contributed by atoms with Crippen LogP contribution in [-0.4, -0.2) is 48.1 Å². The average Bonchev–Trinajstić information content (AvgIpc) is 2.59. The Morgan fingerprint density at radius 3 is 3.00 bits per heavy atom. The summed E-state index contributed by atoms with van der Waals surface area (Å²) < 4.78 is 0. The van der Waals surface area contributed by atoms with Gasteiger partial charge in [0.25, 0.3) is 0 Å². The van der Waals surface area contributed by atoms with Crippen LogP contribution in [0.4, 0.5) is 4.79 Å². The molecule has 3 aliphatic rings. The highest BCUT2D eigenvalue weighted by molar-refractivity contribution is 5.95. The van der Waals surface area contributed by atoms with E-state index in [9.17, 15) is 14.7 Å². The summed E-state index contributed by atoms with van der Waals surface area (Å²) in [5.41, 5.74) is 2.01. The van der Waals surface area contributed by atoms with Crippen LogP contribution in [0.1, 0.15) is 30.4 Å². The number of carbonyl (C=O) groups is 2. The third-order valence-corrected chi connectivity index (χ3v) is 6.18. The van der Waals surface area contributed by atoms with Gasteiger partial charge in [-0.1, -0.05) is 6.07 Å². The van der Waals surface area contributed by atoms with E-state index in [4.69, 9.17) is 0 Å². The smallest absolute Gasteiger partial charge is 0.321 e. The fourth-order valence-corrected chi connectivity index (χ4v) is 5.09. The molecule has 2 fully saturated rings. The molecule has 3 amide bonds. The topological polar surface area (TPSA) is 81.7 Å². The lowest BCUT2D eigenvalue weighted by molar-refractivity contribution is -0.123. The molecule has 0 unspecified atom stereocenters. The third kappa shape index (κ3) is 2.28. The first-order chi connectivity index (χ1) is 11.5. The van der Waals surface area contributed by atoms with Gasteiger partial charge in [0.05, 0.1) is 0 Å². The molecule has 4 rings (SSSR count). The van der Waals surface area contributed by atoms with Gasteiger partial charge in [-0.2, -0.15) is 0 Å². The largest absolute Gasteiger partial charge is 0.508 e. The lowest BCUT2D eigenvalue weighted by Gasteiger charge is -2.56. The molecule has 2 aliphatic heterocycles. The number of nitrogens with zero attached hydrogens (tertiary/aromatic N) is 1. The third-order valence-electron chi connectivity index (χ3n) is 6.18. The molecule has 6 nitrogen and oxygen atoms in total. The average molecular weight is 329 g/mol. The summed E-state index contributed by atoms with van der Waals surface area (Å²) in [6, 6.07) is 5.51. The molecule has 1 aliphatic carbocycles. The minimum Gasteiger partial charge on any atom is -0.508 e. The van der Waals surface area contributed by atoms with Crippen molar-refractivity contribution < 1.29 is 14.7 Å². The van der Waals surface area contributed by atoms with Crippen LogP contribution < -0.4 is 10.6 Å². The number of aromatic hydroxyl groups is 1. The predicted octanol–water partition coefficient (Wildman–Crippen LogP) is 1.13. The van der Waals surface area contributed by atoms with E-state index in [1.807, 2.05) is 12.1 Å². The number of hydrogen-bond acceptors (Lipinski definition) is 4. The van der Waals surface area contributed by atoms with E-state index in [1.54, 1.807) is 6.07 Å². The van der Waals surface area contributed by atoms with Crippen molar-refractivity contribution in [2.24, 2.45) is 5.92 Å². The Kier molecular flexibility index (Phi) is 3.53. The fourth-order valence-electron chi connectivity index (χ4n) is 5.09. The molecule has 2 saturated heterocycles. The Bertz CT molecular complexity index is 705. The highest BCUT2D eigenvalue weighted by Crippen LogP contribution is 2.52. The Morgan fingerprint density at radius 2 is 2.17 bits per heavy atom. The molecule has 0 aromatic heterocycles. The number of urea groups is 1. The number of fused-ring (bicyclic) bond motifs is 1. The Balaban J connectivity index is 1.87. The summed E-state index contributed by atoms with van der Waals surface area (Å²) in [6.45, 7) is 1.48. The summed E-state index contributed by atoms with van der Waals surface area (Å²) in [4.78, 5) is 26.6. The van der Waals surface area contributed by atoms with Gasteiger partial charge in [0.15, 0.2) is 0 Å². The molecule has 24 heavy (non-hydrogen) atoms. The van der Waals surface area contributed by atoms with Gasteiger partial charge < -0.3 is 15.3 Å². The van der Waals surface area contributed by atoms with E-state index < -0.39 is 6.03 Å². The van der Waals surface area contributed by atoms with Gasteiger partial charge in [-0.3, -0.25) is 10.1 Å². The van der Waals surface area contributed by atoms with Crippen LogP contribution in [0.3, 0.4) is 0 Å². The Morgan fingerprint density at radius 1 is 1.33 bits per heavy atom. The molecule has 2 bridgehead atoms. The number of likely N-dealkylation sites (N-methyl/N-ethyl adjacent to an activating group) is 1. The number of phenolic OH excluding ortho intramolecular Hbond substituents is 1. The lowest BCUT2D eigenvalue weighted by atomic mass is 9.55. The van der Waals surface area contributed by atoms with Gasteiger partial charge in [-0.05, 0) is 62.0 Å². The molecule has 128 valence electrons. The zero-order valence-electron chi connectivity index (χ0n) is 13.8. The zero-order chi connectivity index (χ0) is 16.9. The van der Waals surface area contributed by atoms with Crippen LogP contribution in [0.2, 0.25) is 0 Å². The van der Waals surface area contributed by atoms with E-state index in [2.05, 4.69) is 22.6 Å². The molecule has 1 aromatic rings. The summed E-state index contributed by atoms with van der Waals surface area (Å²) in [7, 11) is 2.14. The van der Waals surface area contributed by atoms with Crippen molar-refractivity contribution >= 4 is 11.9 Å². The molecule has 2 heterocycles. The van der Waals surface area contributed by atoms with Crippen LogP contribution in [0.15, 0.2) is 18.2 Å².